The van der Waals surface area contributed by atoms with Gasteiger partial charge >= 0.3 is 5.69 Å². The second kappa shape index (κ2) is 6.84. The maximum absolute atomic E-state index is 14.5. The minimum absolute atomic E-state index is 0.170. The highest BCUT2D eigenvalue weighted by Crippen LogP contribution is 2.39. The number of halogens is 2. The van der Waals surface area contributed by atoms with Gasteiger partial charge in [-0.15, -0.1) is 0 Å². The number of hydrogen-bond acceptors (Lipinski definition) is 4. The average Bonchev–Trinajstić information content (AvgIpc) is 3.38. The van der Waals surface area contributed by atoms with Crippen LogP contribution in [-0.2, 0) is 4.79 Å². The molecule has 1 amide bonds. The number of nitro groups is 1. The molecule has 27 heavy (non-hydrogen) atoms. The number of hydrogen-bond donors (Lipinski definition) is 1. The van der Waals surface area contributed by atoms with Crippen LogP contribution in [0.15, 0.2) is 23.4 Å². The van der Waals surface area contributed by atoms with E-state index in [1.165, 1.54) is 4.90 Å². The van der Waals surface area contributed by atoms with E-state index < -0.39 is 28.3 Å². The highest BCUT2D eigenvalue weighted by molar-refractivity contribution is 7.80. The van der Waals surface area contributed by atoms with Gasteiger partial charge in [-0.2, -0.15) is 4.39 Å². The van der Waals surface area contributed by atoms with Gasteiger partial charge in [0.25, 0.3) is 5.91 Å². The summed E-state index contributed by atoms with van der Waals surface area (Å²) in [7, 11) is 3.11. The summed E-state index contributed by atoms with van der Waals surface area (Å²) in [5.74, 6) is -2.65. The summed E-state index contributed by atoms with van der Waals surface area (Å²) in [4.78, 5) is 26.1. The third kappa shape index (κ3) is 3.36. The van der Waals surface area contributed by atoms with E-state index in [0.29, 0.717) is 16.9 Å². The first kappa shape index (κ1) is 19.2. The molecule has 1 fully saturated rings. The molecule has 1 N–H and O–H groups in total. The Morgan fingerprint density at radius 2 is 1.96 bits per heavy atom. The van der Waals surface area contributed by atoms with E-state index >= 15 is 0 Å². The first-order valence-corrected chi connectivity index (χ1v) is 8.69. The van der Waals surface area contributed by atoms with Gasteiger partial charge in [0, 0.05) is 43.5 Å². The molecule has 0 spiro atoms. The molecule has 1 saturated carbocycles. The number of nitro benzene ring substituents is 1. The van der Waals surface area contributed by atoms with Gasteiger partial charge < -0.3 is 15.1 Å². The molecule has 10 heteroatoms. The summed E-state index contributed by atoms with van der Waals surface area (Å²) < 4.78 is 28.3. The van der Waals surface area contributed by atoms with Crippen molar-refractivity contribution in [2.24, 2.45) is 0 Å². The van der Waals surface area contributed by atoms with Crippen LogP contribution in [0.2, 0.25) is 0 Å². The molecule has 1 aliphatic heterocycles. The van der Waals surface area contributed by atoms with Gasteiger partial charge in [-0.3, -0.25) is 14.9 Å². The summed E-state index contributed by atoms with van der Waals surface area (Å²) in [6.07, 6.45) is 1.84. The quantitative estimate of drug-likeness (QED) is 0.479. The Balaban J connectivity index is 2.18. The fraction of sp³-hybridized carbons (Fsp3) is 0.412. The first-order valence-electron chi connectivity index (χ1n) is 8.29. The van der Waals surface area contributed by atoms with Crippen LogP contribution in [0, 0.1) is 21.7 Å². The zero-order valence-electron chi connectivity index (χ0n) is 15.0. The molecule has 0 aromatic heterocycles. The predicted molar refractivity (Wildman–Crippen MR) is 97.7 cm³/mol. The molecule has 1 heterocycles. The van der Waals surface area contributed by atoms with Crippen LogP contribution in [0.1, 0.15) is 31.4 Å². The molecular weight excluding hydrogens is 378 g/mol. The second-order valence-electron chi connectivity index (χ2n) is 6.76. The molecule has 3 rings (SSSR count). The number of benzene rings is 1. The molecule has 0 saturated heterocycles. The molecule has 0 radical (unpaired) electrons. The van der Waals surface area contributed by atoms with Crippen molar-refractivity contribution >= 4 is 28.9 Å². The number of thiocarbonyl (C=S) groups is 1. The number of nitrogens with one attached hydrogen (secondary N) is 1. The monoisotopic (exact) mass is 396 g/mol. The third-order valence-electron chi connectivity index (χ3n) is 4.65. The van der Waals surface area contributed by atoms with E-state index in [4.69, 9.17) is 12.2 Å². The molecule has 144 valence electrons. The molecule has 1 aromatic rings. The maximum Gasteiger partial charge on any atom is 0.305 e. The van der Waals surface area contributed by atoms with Crippen molar-refractivity contribution in [2.75, 3.05) is 14.1 Å². The van der Waals surface area contributed by atoms with Crippen LogP contribution in [0.4, 0.5) is 14.5 Å². The summed E-state index contributed by atoms with van der Waals surface area (Å²) in [5.41, 5.74) is -0.278. The Bertz CT molecular complexity index is 883. The zero-order chi connectivity index (χ0) is 20.0. The van der Waals surface area contributed by atoms with Crippen molar-refractivity contribution in [3.63, 3.8) is 0 Å². The Morgan fingerprint density at radius 3 is 2.48 bits per heavy atom. The molecule has 0 bridgehead atoms. The molecular formula is C17H18F2N4O3S. The lowest BCUT2D eigenvalue weighted by Gasteiger charge is -2.38. The van der Waals surface area contributed by atoms with Crippen molar-refractivity contribution in [3.05, 3.63) is 50.7 Å². The van der Waals surface area contributed by atoms with Crippen molar-refractivity contribution in [1.29, 1.82) is 0 Å². The maximum atomic E-state index is 14.5. The van der Waals surface area contributed by atoms with Crippen molar-refractivity contribution in [2.45, 2.75) is 31.8 Å². The van der Waals surface area contributed by atoms with Gasteiger partial charge in [0.1, 0.15) is 5.82 Å². The number of rotatable bonds is 4. The second-order valence-corrected chi connectivity index (χ2v) is 7.15. The average molecular weight is 396 g/mol. The van der Waals surface area contributed by atoms with Gasteiger partial charge in [-0.05, 0) is 32.0 Å². The minimum Gasteiger partial charge on any atom is -0.351 e. The van der Waals surface area contributed by atoms with Crippen LogP contribution < -0.4 is 5.32 Å². The fourth-order valence-corrected chi connectivity index (χ4v) is 3.60. The van der Waals surface area contributed by atoms with Gasteiger partial charge in [0.15, 0.2) is 5.11 Å². The molecule has 1 aliphatic carbocycles. The van der Waals surface area contributed by atoms with E-state index in [0.717, 1.165) is 18.9 Å². The first-order chi connectivity index (χ1) is 12.6. The molecule has 2 aliphatic rings. The van der Waals surface area contributed by atoms with Crippen molar-refractivity contribution in [1.82, 2.24) is 15.1 Å². The van der Waals surface area contributed by atoms with E-state index in [1.807, 2.05) is 4.90 Å². The van der Waals surface area contributed by atoms with Crippen LogP contribution in [-0.4, -0.2) is 45.9 Å². The Morgan fingerprint density at radius 1 is 1.33 bits per heavy atom. The number of likely N-dealkylation sites (N-methyl/N-ethyl adjacent to an activating group) is 1. The topological polar surface area (TPSA) is 78.7 Å². The Kier molecular flexibility index (Phi) is 4.85. The number of carbonyl (C=O) groups is 1. The lowest BCUT2D eigenvalue weighted by atomic mass is 9.93. The predicted octanol–water partition coefficient (Wildman–Crippen LogP) is 2.63. The molecule has 1 unspecified atom stereocenters. The zero-order valence-corrected chi connectivity index (χ0v) is 15.8. The lowest BCUT2D eigenvalue weighted by Crippen LogP contribution is -2.50. The number of carbonyl (C=O) groups excluding carboxylic acids is 1. The molecule has 7 nitrogen and oxygen atoms in total. The Labute approximate surface area is 159 Å². The molecule has 1 atom stereocenters. The van der Waals surface area contributed by atoms with Gasteiger partial charge in [0.2, 0.25) is 5.82 Å². The molecule has 1 aromatic carbocycles. The highest BCUT2D eigenvalue weighted by Gasteiger charge is 2.41. The number of nitrogens with zero attached hydrogens (tertiary/aromatic N) is 3. The van der Waals surface area contributed by atoms with Crippen molar-refractivity contribution < 1.29 is 18.5 Å². The van der Waals surface area contributed by atoms with Gasteiger partial charge in [0.05, 0.1) is 16.5 Å². The SMILES string of the molecule is CC1=C(C(=O)N(C)C)C(c2cc([N+](=O)[O-])c(F)cc2F)NC(=S)N1C1CC1. The van der Waals surface area contributed by atoms with Crippen molar-refractivity contribution in [3.8, 4) is 0 Å². The van der Waals surface area contributed by atoms with Gasteiger partial charge in [-0.25, -0.2) is 4.39 Å². The summed E-state index contributed by atoms with van der Waals surface area (Å²) in [6, 6.07) is 0.386. The van der Waals surface area contributed by atoms with Crippen LogP contribution in [0.3, 0.4) is 0 Å². The lowest BCUT2D eigenvalue weighted by molar-refractivity contribution is -0.387. The van der Waals surface area contributed by atoms with Gasteiger partial charge in [-0.1, -0.05) is 0 Å². The standard InChI is InChI=1S/C17H18F2N4O3S/c1-8-14(16(24)21(2)3)15(20-17(27)22(8)9-4-5-9)10-6-13(23(25)26)12(19)7-11(10)18/h6-7,9,15H,4-5H2,1-3H3,(H,20,27). The largest absolute Gasteiger partial charge is 0.351 e. The van der Waals surface area contributed by atoms with E-state index in [-0.39, 0.29) is 23.1 Å². The summed E-state index contributed by atoms with van der Waals surface area (Å²) in [6.45, 7) is 1.71. The van der Waals surface area contributed by atoms with Crippen LogP contribution in [0.5, 0.6) is 0 Å². The number of amides is 1. The van der Waals surface area contributed by atoms with Crippen LogP contribution in [0.25, 0.3) is 0 Å². The third-order valence-corrected chi connectivity index (χ3v) is 4.96. The normalized spacial score (nSPS) is 19.8. The van der Waals surface area contributed by atoms with E-state index in [9.17, 15) is 23.7 Å². The summed E-state index contributed by atoms with van der Waals surface area (Å²) >= 11 is 5.38. The smallest absolute Gasteiger partial charge is 0.305 e. The van der Waals surface area contributed by atoms with E-state index in [2.05, 4.69) is 5.32 Å². The Hall–Kier alpha value is -2.62. The highest BCUT2D eigenvalue weighted by atomic mass is 32.1. The minimum atomic E-state index is -1.28. The summed E-state index contributed by atoms with van der Waals surface area (Å²) in [5, 5.41) is 14.3. The van der Waals surface area contributed by atoms with E-state index in [1.54, 1.807) is 21.0 Å². The van der Waals surface area contributed by atoms with Crippen LogP contribution >= 0.6 is 12.2 Å². The fourth-order valence-electron chi connectivity index (χ4n) is 3.20. The number of allylic oxidation sites excluding steroid dienone is 1.